The molecule has 0 aliphatic heterocycles. The summed E-state index contributed by atoms with van der Waals surface area (Å²) >= 11 is 0. The van der Waals surface area contributed by atoms with E-state index in [0.29, 0.717) is 5.82 Å². The van der Waals surface area contributed by atoms with E-state index in [9.17, 15) is 4.79 Å². The number of pyridine rings is 1. The molecular formula is C8H10ClN3O2. The molecule has 2 rings (SSSR count). The van der Waals surface area contributed by atoms with E-state index in [1.807, 2.05) is 6.07 Å². The van der Waals surface area contributed by atoms with Gasteiger partial charge in [-0.2, -0.15) is 0 Å². The van der Waals surface area contributed by atoms with Gasteiger partial charge in [0.2, 0.25) is 0 Å². The summed E-state index contributed by atoms with van der Waals surface area (Å²) in [5, 5.41) is 0. The topological polar surface area (TPSA) is 79.3 Å². The maximum atomic E-state index is 10.5. The van der Waals surface area contributed by atoms with Gasteiger partial charge in [0.15, 0.2) is 17.8 Å². The van der Waals surface area contributed by atoms with Gasteiger partial charge in [-0.3, -0.25) is 4.79 Å². The van der Waals surface area contributed by atoms with Crippen LogP contribution in [0.25, 0.3) is 11.2 Å². The summed E-state index contributed by atoms with van der Waals surface area (Å²) in [7, 11) is 1.77. The lowest BCUT2D eigenvalue weighted by Gasteiger charge is -1.91. The lowest BCUT2D eigenvalue weighted by molar-refractivity contribution is 0.111. The Bertz CT molecular complexity index is 441. The predicted molar refractivity (Wildman–Crippen MR) is 54.8 cm³/mol. The molecule has 2 aromatic rings. The van der Waals surface area contributed by atoms with Crippen LogP contribution in [0, 0.1) is 0 Å². The van der Waals surface area contributed by atoms with Crippen LogP contribution in [-0.4, -0.2) is 26.3 Å². The Morgan fingerprint density at radius 3 is 2.79 bits per heavy atom. The summed E-state index contributed by atoms with van der Waals surface area (Å²) in [6.07, 6.45) is 2.40. The lowest BCUT2D eigenvalue weighted by atomic mass is 10.4. The Hall–Kier alpha value is -1.46. The zero-order chi connectivity index (χ0) is 8.55. The van der Waals surface area contributed by atoms with Crippen LogP contribution in [0.1, 0.15) is 10.6 Å². The van der Waals surface area contributed by atoms with Crippen LogP contribution in [0.15, 0.2) is 18.3 Å². The molecule has 0 saturated heterocycles. The molecule has 0 unspecified atom stereocenters. The quantitative estimate of drug-likeness (QED) is 0.645. The van der Waals surface area contributed by atoms with Gasteiger partial charge in [-0.25, -0.2) is 9.97 Å². The molecule has 2 aromatic heterocycles. The third-order valence-electron chi connectivity index (χ3n) is 1.77. The number of imidazole rings is 1. The van der Waals surface area contributed by atoms with Crippen molar-refractivity contribution in [2.45, 2.75) is 0 Å². The van der Waals surface area contributed by atoms with Crippen molar-refractivity contribution in [2.24, 2.45) is 7.05 Å². The third-order valence-corrected chi connectivity index (χ3v) is 1.77. The smallest absolute Gasteiger partial charge is 0.185 e. The molecule has 0 atom stereocenters. The molecule has 0 fully saturated rings. The first-order valence-electron chi connectivity index (χ1n) is 3.55. The molecule has 0 bridgehead atoms. The van der Waals surface area contributed by atoms with Crippen LogP contribution in [0.4, 0.5) is 0 Å². The number of aldehydes is 1. The Balaban J connectivity index is 0.000000845. The number of carbonyl (C=O) groups is 1. The van der Waals surface area contributed by atoms with Crippen molar-refractivity contribution in [3.05, 3.63) is 24.2 Å². The molecule has 0 spiro atoms. The molecule has 0 radical (unpaired) electrons. The van der Waals surface area contributed by atoms with E-state index in [2.05, 4.69) is 9.97 Å². The van der Waals surface area contributed by atoms with Crippen LogP contribution in [0.3, 0.4) is 0 Å². The van der Waals surface area contributed by atoms with Gasteiger partial charge in [-0.15, -0.1) is 12.4 Å². The largest absolute Gasteiger partial charge is 0.412 e. The van der Waals surface area contributed by atoms with Crippen molar-refractivity contribution in [3.63, 3.8) is 0 Å². The summed E-state index contributed by atoms with van der Waals surface area (Å²) in [5.41, 5.74) is 1.49. The van der Waals surface area contributed by atoms with Gasteiger partial charge >= 0.3 is 0 Å². The maximum Gasteiger partial charge on any atom is 0.185 e. The number of nitrogens with zero attached hydrogens (tertiary/aromatic N) is 3. The van der Waals surface area contributed by atoms with Gasteiger partial charge in [0.05, 0.1) is 0 Å². The molecule has 2 heterocycles. The Labute approximate surface area is 86.5 Å². The van der Waals surface area contributed by atoms with Gasteiger partial charge in [-0.05, 0) is 12.1 Å². The summed E-state index contributed by atoms with van der Waals surface area (Å²) in [4.78, 5) is 18.6. The minimum Gasteiger partial charge on any atom is -0.412 e. The standard InChI is InChI=1S/C8H7N3O.ClH.H2O/c1-11-7(5-12)10-6-3-2-4-9-8(6)11;;/h2-5H,1H3;1H;1H2. The van der Waals surface area contributed by atoms with Crippen LogP contribution < -0.4 is 0 Å². The van der Waals surface area contributed by atoms with Crippen LogP contribution in [0.5, 0.6) is 0 Å². The van der Waals surface area contributed by atoms with E-state index in [4.69, 9.17) is 0 Å². The second-order valence-corrected chi connectivity index (χ2v) is 2.49. The Morgan fingerprint density at radius 2 is 2.21 bits per heavy atom. The zero-order valence-electron chi connectivity index (χ0n) is 7.47. The molecule has 0 aliphatic rings. The van der Waals surface area contributed by atoms with E-state index >= 15 is 0 Å². The van der Waals surface area contributed by atoms with Crippen LogP contribution >= 0.6 is 12.4 Å². The van der Waals surface area contributed by atoms with Crippen LogP contribution in [0.2, 0.25) is 0 Å². The molecule has 0 aromatic carbocycles. The molecule has 2 N–H and O–H groups in total. The first-order valence-corrected chi connectivity index (χ1v) is 3.55. The van der Waals surface area contributed by atoms with Gasteiger partial charge in [0, 0.05) is 13.2 Å². The fourth-order valence-corrected chi connectivity index (χ4v) is 1.15. The normalized spacial score (nSPS) is 8.93. The van der Waals surface area contributed by atoms with Gasteiger partial charge in [0.25, 0.3) is 0 Å². The monoisotopic (exact) mass is 215 g/mol. The van der Waals surface area contributed by atoms with Crippen molar-refractivity contribution in [1.29, 1.82) is 0 Å². The minimum atomic E-state index is 0. The van der Waals surface area contributed by atoms with Gasteiger partial charge in [-0.1, -0.05) is 0 Å². The minimum absolute atomic E-state index is 0. The predicted octanol–water partition coefficient (Wildman–Crippen LogP) is 0.378. The van der Waals surface area contributed by atoms with Crippen molar-refractivity contribution in [3.8, 4) is 0 Å². The summed E-state index contributed by atoms with van der Waals surface area (Å²) in [6.45, 7) is 0. The zero-order valence-corrected chi connectivity index (χ0v) is 8.28. The highest BCUT2D eigenvalue weighted by Gasteiger charge is 2.05. The second-order valence-electron chi connectivity index (χ2n) is 2.49. The van der Waals surface area contributed by atoms with Crippen molar-refractivity contribution >= 4 is 29.9 Å². The highest BCUT2D eigenvalue weighted by atomic mass is 35.5. The molecule has 76 valence electrons. The van der Waals surface area contributed by atoms with Crippen molar-refractivity contribution < 1.29 is 10.3 Å². The third kappa shape index (κ3) is 1.73. The molecule has 0 aliphatic carbocycles. The molecule has 0 saturated carbocycles. The number of hydrogen-bond donors (Lipinski definition) is 0. The van der Waals surface area contributed by atoms with E-state index in [1.165, 1.54) is 0 Å². The van der Waals surface area contributed by atoms with E-state index in [-0.39, 0.29) is 17.9 Å². The number of aryl methyl sites for hydroxylation is 1. The molecule has 5 nitrogen and oxygen atoms in total. The number of hydrogen-bond acceptors (Lipinski definition) is 3. The molecule has 14 heavy (non-hydrogen) atoms. The first-order chi connectivity index (χ1) is 5.83. The molecule has 0 amide bonds. The Kier molecular flexibility index (Phi) is 4.20. The maximum absolute atomic E-state index is 10.5. The number of fused-ring (bicyclic) bond motifs is 1. The van der Waals surface area contributed by atoms with E-state index in [1.54, 1.807) is 23.9 Å². The highest BCUT2D eigenvalue weighted by Crippen LogP contribution is 2.09. The summed E-state index contributed by atoms with van der Waals surface area (Å²) in [6, 6.07) is 3.62. The van der Waals surface area contributed by atoms with E-state index in [0.717, 1.165) is 17.5 Å². The fraction of sp³-hybridized carbons (Fsp3) is 0.125. The summed E-state index contributed by atoms with van der Waals surface area (Å²) < 4.78 is 1.67. The molecular weight excluding hydrogens is 206 g/mol. The molecule has 6 heteroatoms. The first kappa shape index (κ1) is 12.5. The van der Waals surface area contributed by atoms with Crippen LogP contribution in [-0.2, 0) is 7.05 Å². The number of halogens is 1. The average molecular weight is 216 g/mol. The van der Waals surface area contributed by atoms with Gasteiger partial charge in [0.1, 0.15) is 5.52 Å². The van der Waals surface area contributed by atoms with Crippen molar-refractivity contribution in [2.75, 3.05) is 0 Å². The lowest BCUT2D eigenvalue weighted by Crippen LogP contribution is -1.95. The van der Waals surface area contributed by atoms with Crippen molar-refractivity contribution in [1.82, 2.24) is 14.5 Å². The SMILES string of the molecule is Cl.Cn1c(C=O)nc2cccnc21.O. The number of aromatic nitrogens is 3. The number of rotatable bonds is 1. The number of carbonyl (C=O) groups excluding carboxylic acids is 1. The Morgan fingerprint density at radius 1 is 1.50 bits per heavy atom. The summed E-state index contributed by atoms with van der Waals surface area (Å²) in [5.74, 6) is 0.406. The second kappa shape index (κ2) is 4.69. The van der Waals surface area contributed by atoms with Gasteiger partial charge < -0.3 is 10.0 Å². The fourth-order valence-electron chi connectivity index (χ4n) is 1.15. The van der Waals surface area contributed by atoms with E-state index < -0.39 is 0 Å². The highest BCUT2D eigenvalue weighted by molar-refractivity contribution is 5.85. The average Bonchev–Trinajstić information content (AvgIpc) is 2.44.